The van der Waals surface area contributed by atoms with Gasteiger partial charge < -0.3 is 15.0 Å². The summed E-state index contributed by atoms with van der Waals surface area (Å²) in [6, 6.07) is 11.7. The van der Waals surface area contributed by atoms with E-state index in [1.807, 2.05) is 54.1 Å². The van der Waals surface area contributed by atoms with Crippen molar-refractivity contribution in [3.05, 3.63) is 66.2 Å². The molecule has 0 radical (unpaired) electrons. The SMILES string of the molecule is BC(B)(B)Oc1ccc(NC(=O)c2n[nH]c3ccc(-c4cncc(C(B)(B)N5CCCCC5)c4)cc23)cn1. The first-order valence-corrected chi connectivity index (χ1v) is 13.3. The summed E-state index contributed by atoms with van der Waals surface area (Å²) in [4.78, 5) is 24.6. The minimum absolute atomic E-state index is 0.101. The number of carbonyl (C=O) groups is 1. The van der Waals surface area contributed by atoms with E-state index < -0.39 is 0 Å². The number of piperidine rings is 1. The Balaban J connectivity index is 1.38. The van der Waals surface area contributed by atoms with Crippen LogP contribution in [0.15, 0.2) is 55.0 Å². The van der Waals surface area contributed by atoms with Crippen molar-refractivity contribution in [1.29, 1.82) is 0 Å². The van der Waals surface area contributed by atoms with Crippen LogP contribution >= 0.6 is 0 Å². The van der Waals surface area contributed by atoms with Crippen molar-refractivity contribution in [2.45, 2.75) is 29.9 Å². The fraction of sp³-hybridized carbons (Fsp3) is 0.280. The fourth-order valence-electron chi connectivity index (χ4n) is 4.95. The number of anilines is 1. The Morgan fingerprint density at radius 3 is 2.45 bits per heavy atom. The van der Waals surface area contributed by atoms with Crippen LogP contribution in [0.1, 0.15) is 35.3 Å². The summed E-state index contributed by atoms with van der Waals surface area (Å²) in [5.41, 5.74) is 4.88. The molecule has 1 saturated heterocycles. The summed E-state index contributed by atoms with van der Waals surface area (Å²) < 4.78 is 5.76. The lowest BCUT2D eigenvalue weighted by Gasteiger charge is -2.42. The average Bonchev–Trinajstić information content (AvgIpc) is 3.33. The Kier molecular flexibility index (Phi) is 7.14. The number of rotatable bonds is 7. The highest BCUT2D eigenvalue weighted by atomic mass is 16.5. The van der Waals surface area contributed by atoms with Crippen LogP contribution in [-0.2, 0) is 5.34 Å². The van der Waals surface area contributed by atoms with Crippen molar-refractivity contribution < 1.29 is 9.53 Å². The molecule has 38 heavy (non-hydrogen) atoms. The van der Waals surface area contributed by atoms with Crippen LogP contribution in [0, 0.1) is 0 Å². The highest BCUT2D eigenvalue weighted by Crippen LogP contribution is 2.30. The smallest absolute Gasteiger partial charge is 0.276 e. The number of pyridine rings is 2. The molecule has 0 aliphatic carbocycles. The maximum atomic E-state index is 13.1. The lowest BCUT2D eigenvalue weighted by molar-refractivity contribution is 0.102. The van der Waals surface area contributed by atoms with Gasteiger partial charge in [-0.25, -0.2) is 4.98 Å². The predicted molar refractivity (Wildman–Crippen MR) is 165 cm³/mol. The molecule has 13 heteroatoms. The van der Waals surface area contributed by atoms with E-state index in [4.69, 9.17) is 4.74 Å². The summed E-state index contributed by atoms with van der Waals surface area (Å²) in [5.74, 6) is 0.197. The number of ether oxygens (including phenoxy) is 1. The van der Waals surface area contributed by atoms with E-state index in [0.717, 1.165) is 35.1 Å². The van der Waals surface area contributed by atoms with Crippen molar-refractivity contribution in [1.82, 2.24) is 25.1 Å². The summed E-state index contributed by atoms with van der Waals surface area (Å²) in [6.45, 7) is 2.22. The number of hydrogen-bond acceptors (Lipinski definition) is 6. The summed E-state index contributed by atoms with van der Waals surface area (Å²) >= 11 is 0. The van der Waals surface area contributed by atoms with Crippen molar-refractivity contribution >= 4 is 61.7 Å². The van der Waals surface area contributed by atoms with Crippen LogP contribution in [0.25, 0.3) is 22.0 Å². The standard InChI is InChI=1S/C25H31B5N6O2/c26-24(27,36-8-2-1-3-9-36)17-10-16(12-31-13-17)15-4-6-20-19(11-15)22(35-34-20)23(37)33-18-5-7-21(32-14-18)38-25(28,29)30/h4-7,10-14H,1-3,8-9,26-30H2,(H,33,37)(H,34,35). The molecule has 1 aromatic carbocycles. The van der Waals surface area contributed by atoms with Gasteiger partial charge in [0.1, 0.15) is 39.2 Å². The molecule has 8 nitrogen and oxygen atoms in total. The van der Waals surface area contributed by atoms with Gasteiger partial charge in [0.25, 0.3) is 5.91 Å². The van der Waals surface area contributed by atoms with Gasteiger partial charge in [-0.15, -0.1) is 0 Å². The van der Waals surface area contributed by atoms with Crippen molar-refractivity contribution in [3.63, 3.8) is 0 Å². The molecule has 5 rings (SSSR count). The molecular weight excluding hydrogens is 470 g/mol. The lowest BCUT2D eigenvalue weighted by Crippen LogP contribution is -2.49. The molecule has 0 unspecified atom stereocenters. The third-order valence-corrected chi connectivity index (χ3v) is 7.11. The number of likely N-dealkylation sites (tertiary alicyclic amines) is 1. The summed E-state index contributed by atoms with van der Waals surface area (Å²) in [5, 5.41) is 10.5. The maximum absolute atomic E-state index is 13.1. The Morgan fingerprint density at radius 2 is 1.74 bits per heavy atom. The zero-order chi connectivity index (χ0) is 26.9. The van der Waals surface area contributed by atoms with Crippen molar-refractivity contribution in [2.24, 2.45) is 0 Å². The molecule has 1 aliphatic rings. The molecule has 0 bridgehead atoms. The first-order valence-electron chi connectivity index (χ1n) is 13.3. The molecule has 188 valence electrons. The number of hydrogen-bond donors (Lipinski definition) is 2. The van der Waals surface area contributed by atoms with E-state index in [1.54, 1.807) is 18.3 Å². The number of H-pyrrole nitrogens is 1. The van der Waals surface area contributed by atoms with Crippen LogP contribution in [0.3, 0.4) is 0 Å². The normalized spacial score (nSPS) is 14.8. The highest BCUT2D eigenvalue weighted by Gasteiger charge is 2.30. The average molecular weight is 502 g/mol. The fourth-order valence-corrected chi connectivity index (χ4v) is 4.95. The largest absolute Gasteiger partial charge is 0.499 e. The number of benzene rings is 1. The Morgan fingerprint density at radius 1 is 0.947 bits per heavy atom. The van der Waals surface area contributed by atoms with Crippen molar-refractivity contribution in [3.8, 4) is 17.0 Å². The van der Waals surface area contributed by atoms with Gasteiger partial charge in [0.2, 0.25) is 5.88 Å². The monoisotopic (exact) mass is 502 g/mol. The van der Waals surface area contributed by atoms with Crippen LogP contribution in [0.2, 0.25) is 0 Å². The number of aromatic nitrogens is 4. The number of nitrogens with one attached hydrogen (secondary N) is 2. The molecule has 1 fully saturated rings. The lowest BCUT2D eigenvalue weighted by atomic mass is 9.52. The topological polar surface area (TPSA) is 96.0 Å². The van der Waals surface area contributed by atoms with Gasteiger partial charge in [-0.05, 0) is 66.7 Å². The van der Waals surface area contributed by atoms with Gasteiger partial charge in [0.15, 0.2) is 5.69 Å². The molecule has 1 aliphatic heterocycles. The number of carbonyl (C=O) groups excluding carboxylic acids is 1. The highest BCUT2D eigenvalue weighted by molar-refractivity contribution is 6.58. The molecule has 0 spiro atoms. The molecule has 4 heterocycles. The Hall–Kier alpha value is -3.46. The van der Waals surface area contributed by atoms with E-state index in [9.17, 15) is 4.79 Å². The summed E-state index contributed by atoms with van der Waals surface area (Å²) in [6.07, 6.45) is 9.22. The van der Waals surface area contributed by atoms with Crippen molar-refractivity contribution in [2.75, 3.05) is 18.4 Å². The molecule has 1 amide bonds. The Bertz CT molecular complexity index is 1450. The summed E-state index contributed by atoms with van der Waals surface area (Å²) in [7, 11) is 10.4. The number of fused-ring (bicyclic) bond motifs is 1. The zero-order valence-electron chi connectivity index (χ0n) is 22.8. The third-order valence-electron chi connectivity index (χ3n) is 7.11. The quantitative estimate of drug-likeness (QED) is 0.316. The second-order valence-corrected chi connectivity index (χ2v) is 11.5. The van der Waals surface area contributed by atoms with Crippen LogP contribution in [0.4, 0.5) is 5.69 Å². The number of amides is 1. The molecule has 3 aromatic heterocycles. The first-order chi connectivity index (χ1) is 18.1. The van der Waals surface area contributed by atoms with Gasteiger partial charge in [0, 0.05) is 34.7 Å². The zero-order valence-corrected chi connectivity index (χ0v) is 22.8. The van der Waals surface area contributed by atoms with E-state index in [2.05, 4.69) is 52.1 Å². The van der Waals surface area contributed by atoms with Gasteiger partial charge >= 0.3 is 0 Å². The Labute approximate surface area is 227 Å². The van der Waals surface area contributed by atoms with Crippen LogP contribution < -0.4 is 10.1 Å². The van der Waals surface area contributed by atoms with Crippen LogP contribution in [-0.4, -0.2) is 88.6 Å². The molecule has 0 saturated carbocycles. The molecule has 0 atom stereocenters. The van der Waals surface area contributed by atoms with Gasteiger partial charge in [0.05, 0.1) is 17.4 Å². The van der Waals surface area contributed by atoms with E-state index >= 15 is 0 Å². The molecular formula is C25H31B5N6O2. The second-order valence-electron chi connectivity index (χ2n) is 11.5. The van der Waals surface area contributed by atoms with Gasteiger partial charge in [-0.3, -0.25) is 14.9 Å². The van der Waals surface area contributed by atoms with Gasteiger partial charge in [-0.1, -0.05) is 12.5 Å². The molecule has 2 N–H and O–H groups in total. The minimum Gasteiger partial charge on any atom is -0.499 e. The predicted octanol–water partition coefficient (Wildman–Crippen LogP) is -0.976. The van der Waals surface area contributed by atoms with E-state index in [-0.39, 0.29) is 16.5 Å². The van der Waals surface area contributed by atoms with Gasteiger partial charge in [-0.2, -0.15) is 5.10 Å². The third kappa shape index (κ3) is 5.67. The molecule has 4 aromatic rings. The first kappa shape index (κ1) is 26.2. The second kappa shape index (κ2) is 10.4. The number of aromatic amines is 1. The number of nitrogens with zero attached hydrogens (tertiary/aromatic N) is 4. The maximum Gasteiger partial charge on any atom is 0.276 e. The minimum atomic E-state index is -0.345. The van der Waals surface area contributed by atoms with E-state index in [0.29, 0.717) is 17.3 Å². The van der Waals surface area contributed by atoms with Crippen LogP contribution in [0.5, 0.6) is 5.88 Å². The van der Waals surface area contributed by atoms with E-state index in [1.165, 1.54) is 24.8 Å².